The zero-order chi connectivity index (χ0) is 14.3. The first-order chi connectivity index (χ1) is 8.17. The highest BCUT2D eigenvalue weighted by Crippen LogP contribution is 2.12. The van der Waals surface area contributed by atoms with Crippen molar-refractivity contribution in [3.8, 4) is 0 Å². The lowest BCUT2D eigenvalue weighted by Gasteiger charge is -2.26. The van der Waals surface area contributed by atoms with E-state index >= 15 is 0 Å². The SMILES string of the molecule is C=CCOC(=O)N[C@@H](C(=O)OC(C)(C)C)C(C)C. The Balaban J connectivity index is 4.52. The van der Waals surface area contributed by atoms with Gasteiger partial charge < -0.3 is 14.8 Å². The van der Waals surface area contributed by atoms with Crippen molar-refractivity contribution in [1.29, 1.82) is 0 Å². The summed E-state index contributed by atoms with van der Waals surface area (Å²) in [5.74, 6) is -0.552. The van der Waals surface area contributed by atoms with Crippen molar-refractivity contribution in [2.24, 2.45) is 5.92 Å². The lowest BCUT2D eigenvalue weighted by Crippen LogP contribution is -2.47. The number of nitrogens with one attached hydrogen (secondary N) is 1. The van der Waals surface area contributed by atoms with Gasteiger partial charge in [0.05, 0.1) is 0 Å². The summed E-state index contributed by atoms with van der Waals surface area (Å²) in [6.07, 6.45) is 0.803. The second-order valence-corrected chi connectivity index (χ2v) is 5.29. The number of amides is 1. The minimum absolute atomic E-state index is 0.0869. The Kier molecular flexibility index (Phi) is 6.44. The van der Waals surface area contributed by atoms with E-state index < -0.39 is 23.7 Å². The van der Waals surface area contributed by atoms with Crippen molar-refractivity contribution in [2.45, 2.75) is 46.3 Å². The Hall–Kier alpha value is -1.52. The maximum atomic E-state index is 11.9. The third-order valence-electron chi connectivity index (χ3n) is 1.93. The standard InChI is InChI=1S/C13H23NO4/c1-7-8-17-12(16)14-10(9(2)3)11(15)18-13(4,5)6/h7,9-10H,1,8H2,2-6H3,(H,14,16)/t10-/m1/s1. The monoisotopic (exact) mass is 257 g/mol. The van der Waals surface area contributed by atoms with Crippen LogP contribution in [0.4, 0.5) is 4.79 Å². The molecular weight excluding hydrogens is 234 g/mol. The lowest BCUT2D eigenvalue weighted by molar-refractivity contribution is -0.158. The van der Waals surface area contributed by atoms with Gasteiger partial charge in [-0.3, -0.25) is 0 Å². The van der Waals surface area contributed by atoms with E-state index in [1.807, 2.05) is 13.8 Å². The summed E-state index contributed by atoms with van der Waals surface area (Å²) in [6, 6.07) is -0.721. The van der Waals surface area contributed by atoms with E-state index in [9.17, 15) is 9.59 Å². The fraction of sp³-hybridized carbons (Fsp3) is 0.692. The second-order valence-electron chi connectivity index (χ2n) is 5.29. The molecule has 1 N–H and O–H groups in total. The fourth-order valence-electron chi connectivity index (χ4n) is 1.17. The number of hydrogen-bond donors (Lipinski definition) is 1. The maximum absolute atomic E-state index is 11.9. The van der Waals surface area contributed by atoms with Gasteiger partial charge in [0.2, 0.25) is 0 Å². The average Bonchev–Trinajstić information content (AvgIpc) is 2.19. The highest BCUT2D eigenvalue weighted by molar-refractivity contribution is 5.81. The summed E-state index contributed by atoms with van der Waals surface area (Å²) in [5.41, 5.74) is -0.586. The summed E-state index contributed by atoms with van der Waals surface area (Å²) < 4.78 is 10.0. The molecule has 5 heteroatoms. The summed E-state index contributed by atoms with van der Waals surface area (Å²) >= 11 is 0. The first-order valence-corrected chi connectivity index (χ1v) is 5.94. The fourth-order valence-corrected chi connectivity index (χ4v) is 1.17. The Morgan fingerprint density at radius 1 is 1.33 bits per heavy atom. The minimum Gasteiger partial charge on any atom is -0.458 e. The molecule has 0 spiro atoms. The van der Waals surface area contributed by atoms with Gasteiger partial charge in [-0.25, -0.2) is 9.59 Å². The molecule has 0 aliphatic heterocycles. The third-order valence-corrected chi connectivity index (χ3v) is 1.93. The van der Waals surface area contributed by atoms with Crippen LogP contribution < -0.4 is 5.32 Å². The van der Waals surface area contributed by atoms with E-state index in [0.29, 0.717) is 0 Å². The quantitative estimate of drug-likeness (QED) is 0.606. The molecule has 5 nitrogen and oxygen atoms in total. The molecule has 0 fully saturated rings. The van der Waals surface area contributed by atoms with Gasteiger partial charge in [0.25, 0.3) is 0 Å². The average molecular weight is 257 g/mol. The molecule has 0 aromatic carbocycles. The van der Waals surface area contributed by atoms with Crippen LogP contribution in [-0.2, 0) is 14.3 Å². The van der Waals surface area contributed by atoms with E-state index in [-0.39, 0.29) is 12.5 Å². The van der Waals surface area contributed by atoms with Gasteiger partial charge in [0, 0.05) is 0 Å². The molecular formula is C13H23NO4. The van der Waals surface area contributed by atoms with Crippen molar-refractivity contribution in [2.75, 3.05) is 6.61 Å². The molecule has 104 valence electrons. The van der Waals surface area contributed by atoms with Crippen LogP contribution in [0.2, 0.25) is 0 Å². The zero-order valence-electron chi connectivity index (χ0n) is 11.8. The van der Waals surface area contributed by atoms with Crippen LogP contribution >= 0.6 is 0 Å². The highest BCUT2D eigenvalue weighted by Gasteiger charge is 2.29. The van der Waals surface area contributed by atoms with Crippen molar-refractivity contribution in [1.82, 2.24) is 5.32 Å². The van der Waals surface area contributed by atoms with Gasteiger partial charge in [-0.2, -0.15) is 0 Å². The molecule has 0 rings (SSSR count). The van der Waals surface area contributed by atoms with Crippen LogP contribution in [0.1, 0.15) is 34.6 Å². The van der Waals surface area contributed by atoms with Crippen LogP contribution in [0.3, 0.4) is 0 Å². The van der Waals surface area contributed by atoms with Crippen molar-refractivity contribution >= 4 is 12.1 Å². The van der Waals surface area contributed by atoms with E-state index in [4.69, 9.17) is 9.47 Å². The Morgan fingerprint density at radius 3 is 2.28 bits per heavy atom. The van der Waals surface area contributed by atoms with E-state index in [0.717, 1.165) is 0 Å². The number of esters is 1. The van der Waals surface area contributed by atoms with Crippen LogP contribution in [0.5, 0.6) is 0 Å². The van der Waals surface area contributed by atoms with Gasteiger partial charge in [0.1, 0.15) is 18.2 Å². The van der Waals surface area contributed by atoms with Crippen molar-refractivity contribution < 1.29 is 19.1 Å². The number of carbonyl (C=O) groups is 2. The number of alkyl carbamates (subject to hydrolysis) is 1. The number of rotatable bonds is 5. The second kappa shape index (κ2) is 7.03. The van der Waals surface area contributed by atoms with Crippen LogP contribution in [-0.4, -0.2) is 30.3 Å². The number of hydrogen-bond acceptors (Lipinski definition) is 4. The molecule has 1 atom stereocenters. The van der Waals surface area contributed by atoms with Crippen molar-refractivity contribution in [3.63, 3.8) is 0 Å². The van der Waals surface area contributed by atoms with Crippen molar-refractivity contribution in [3.05, 3.63) is 12.7 Å². The van der Waals surface area contributed by atoms with E-state index in [1.165, 1.54) is 6.08 Å². The predicted molar refractivity (Wildman–Crippen MR) is 69.2 cm³/mol. The van der Waals surface area contributed by atoms with Gasteiger partial charge >= 0.3 is 12.1 Å². The van der Waals surface area contributed by atoms with Gasteiger partial charge in [-0.1, -0.05) is 26.5 Å². The molecule has 0 aliphatic carbocycles. The summed E-state index contributed by atoms with van der Waals surface area (Å²) in [5, 5.41) is 2.49. The third kappa shape index (κ3) is 6.93. The Morgan fingerprint density at radius 2 is 1.89 bits per heavy atom. The normalized spacial score (nSPS) is 12.8. The summed E-state index contributed by atoms with van der Waals surface area (Å²) in [6.45, 7) is 12.5. The van der Waals surface area contributed by atoms with Crippen LogP contribution in [0, 0.1) is 5.92 Å². The van der Waals surface area contributed by atoms with Crippen LogP contribution in [0.15, 0.2) is 12.7 Å². The number of carbonyl (C=O) groups excluding carboxylic acids is 2. The first kappa shape index (κ1) is 16.5. The van der Waals surface area contributed by atoms with Gasteiger partial charge in [0.15, 0.2) is 0 Å². The van der Waals surface area contributed by atoms with Gasteiger partial charge in [-0.05, 0) is 26.7 Å². The van der Waals surface area contributed by atoms with Gasteiger partial charge in [-0.15, -0.1) is 0 Å². The van der Waals surface area contributed by atoms with E-state index in [1.54, 1.807) is 20.8 Å². The molecule has 0 radical (unpaired) electrons. The molecule has 0 aliphatic rings. The van der Waals surface area contributed by atoms with Crippen LogP contribution in [0.25, 0.3) is 0 Å². The summed E-state index contributed by atoms with van der Waals surface area (Å²) in [4.78, 5) is 23.3. The predicted octanol–water partition coefficient (Wildman–Crippen LogP) is 2.26. The molecule has 1 amide bonds. The maximum Gasteiger partial charge on any atom is 0.408 e. The topological polar surface area (TPSA) is 64.6 Å². The Labute approximate surface area is 109 Å². The van der Waals surface area contributed by atoms with E-state index in [2.05, 4.69) is 11.9 Å². The number of ether oxygens (including phenoxy) is 2. The highest BCUT2D eigenvalue weighted by atomic mass is 16.6. The molecule has 18 heavy (non-hydrogen) atoms. The molecule has 0 unspecified atom stereocenters. The molecule has 0 saturated carbocycles. The summed E-state index contributed by atoms with van der Waals surface area (Å²) in [7, 11) is 0. The first-order valence-electron chi connectivity index (χ1n) is 5.94. The Bertz CT molecular complexity index is 305. The smallest absolute Gasteiger partial charge is 0.408 e. The molecule has 0 bridgehead atoms. The lowest BCUT2D eigenvalue weighted by atomic mass is 10.0. The molecule has 0 aromatic rings. The zero-order valence-corrected chi connectivity index (χ0v) is 11.8. The molecule has 0 heterocycles. The molecule has 0 saturated heterocycles. The molecule has 0 aromatic heterocycles. The minimum atomic E-state index is -0.721. The largest absolute Gasteiger partial charge is 0.458 e.